The normalized spacial score (nSPS) is 12.9. The number of methoxy groups -OCH3 is 2. The van der Waals surface area contributed by atoms with Gasteiger partial charge in [0.25, 0.3) is 5.91 Å². The van der Waals surface area contributed by atoms with Gasteiger partial charge in [0.1, 0.15) is 22.8 Å². The molecule has 0 saturated carbocycles. The van der Waals surface area contributed by atoms with Gasteiger partial charge in [-0.25, -0.2) is 0 Å². The molecule has 3 heterocycles. The molecule has 40 heavy (non-hydrogen) atoms. The zero-order valence-electron chi connectivity index (χ0n) is 23.5. The Bertz CT molecular complexity index is 1670. The maximum absolute atomic E-state index is 14.2. The third kappa shape index (κ3) is 4.53. The van der Waals surface area contributed by atoms with Crippen molar-refractivity contribution in [2.75, 3.05) is 19.5 Å². The molecule has 1 aliphatic rings. The summed E-state index contributed by atoms with van der Waals surface area (Å²) in [5.74, 6) is 1.82. The van der Waals surface area contributed by atoms with Crippen molar-refractivity contribution in [1.82, 2.24) is 8.97 Å². The second-order valence-corrected chi connectivity index (χ2v) is 10.7. The monoisotopic (exact) mass is 533 g/mol. The summed E-state index contributed by atoms with van der Waals surface area (Å²) in [6.45, 7) is 5.30. The molecule has 3 aromatic carbocycles. The van der Waals surface area contributed by atoms with E-state index in [-0.39, 0.29) is 5.91 Å². The fourth-order valence-electron chi connectivity index (χ4n) is 5.84. The number of amides is 1. The number of nitrogens with one attached hydrogen (secondary N) is 1. The number of benzene rings is 3. The molecular formula is C34H35N3O3. The summed E-state index contributed by atoms with van der Waals surface area (Å²) < 4.78 is 15.3. The molecule has 1 aliphatic heterocycles. The highest BCUT2D eigenvalue weighted by Gasteiger charge is 2.29. The molecular weight excluding hydrogens is 498 g/mol. The lowest BCUT2D eigenvalue weighted by Crippen LogP contribution is -2.15. The van der Waals surface area contributed by atoms with Crippen LogP contribution < -0.4 is 14.8 Å². The minimum atomic E-state index is -0.142. The van der Waals surface area contributed by atoms with Gasteiger partial charge in [-0.05, 0) is 78.3 Å². The standard InChI is InChI=1S/C34H35N3O3/c1-22(2)23-11-13-25(14-12-23)31-29-10-5-6-19-36-30(24-15-17-27(39-3)18-16-24)21-37(34(29)36)32(31)33(38)35-26-8-7-9-28(20-26)40-4/h7-9,11-18,20-22H,5-6,10,19H2,1-4H3,(H,35,38). The van der Waals surface area contributed by atoms with Gasteiger partial charge < -0.3 is 19.4 Å². The summed E-state index contributed by atoms with van der Waals surface area (Å²) in [6, 6.07) is 24.4. The number of nitrogens with zero attached hydrogens (tertiary/aromatic N) is 2. The van der Waals surface area contributed by atoms with Gasteiger partial charge in [0.2, 0.25) is 0 Å². The molecule has 6 heteroatoms. The maximum Gasteiger partial charge on any atom is 0.273 e. The maximum atomic E-state index is 14.2. The summed E-state index contributed by atoms with van der Waals surface area (Å²) in [6.07, 6.45) is 5.19. The third-order valence-electron chi connectivity index (χ3n) is 7.93. The summed E-state index contributed by atoms with van der Waals surface area (Å²) in [4.78, 5) is 14.2. The Labute approximate surface area is 235 Å². The lowest BCUT2D eigenvalue weighted by molar-refractivity contribution is 0.102. The van der Waals surface area contributed by atoms with Gasteiger partial charge in [-0.1, -0.05) is 44.2 Å². The molecule has 6 nitrogen and oxygen atoms in total. The van der Waals surface area contributed by atoms with Crippen LogP contribution in [0.15, 0.2) is 79.0 Å². The lowest BCUT2D eigenvalue weighted by atomic mass is 9.95. The summed E-state index contributed by atoms with van der Waals surface area (Å²) >= 11 is 0. The van der Waals surface area contributed by atoms with Crippen LogP contribution in [0, 0.1) is 0 Å². The van der Waals surface area contributed by atoms with Gasteiger partial charge in [0.05, 0.1) is 19.9 Å². The molecule has 204 valence electrons. The molecule has 5 aromatic rings. The van der Waals surface area contributed by atoms with E-state index in [4.69, 9.17) is 9.47 Å². The van der Waals surface area contributed by atoms with Gasteiger partial charge in [-0.3, -0.25) is 9.20 Å². The third-order valence-corrected chi connectivity index (χ3v) is 7.93. The second kappa shape index (κ2) is 10.6. The van der Waals surface area contributed by atoms with Gasteiger partial charge in [0.15, 0.2) is 0 Å². The highest BCUT2D eigenvalue weighted by molar-refractivity contribution is 6.10. The summed E-state index contributed by atoms with van der Waals surface area (Å²) in [5, 5.41) is 3.16. The van der Waals surface area contributed by atoms with Crippen LogP contribution in [0.5, 0.6) is 11.5 Å². The van der Waals surface area contributed by atoms with E-state index < -0.39 is 0 Å². The van der Waals surface area contributed by atoms with E-state index in [1.54, 1.807) is 14.2 Å². The van der Waals surface area contributed by atoms with Crippen molar-refractivity contribution in [3.8, 4) is 33.9 Å². The van der Waals surface area contributed by atoms with Crippen molar-refractivity contribution in [2.45, 2.75) is 45.6 Å². The average molecular weight is 534 g/mol. The van der Waals surface area contributed by atoms with Crippen molar-refractivity contribution in [1.29, 1.82) is 0 Å². The Morgan fingerprint density at radius 2 is 1.60 bits per heavy atom. The minimum absolute atomic E-state index is 0.142. The first-order valence-electron chi connectivity index (χ1n) is 13.9. The van der Waals surface area contributed by atoms with Gasteiger partial charge in [-0.15, -0.1) is 0 Å². The van der Waals surface area contributed by atoms with Crippen LogP contribution in [0.2, 0.25) is 0 Å². The number of aromatic nitrogens is 2. The number of imidazole rings is 1. The smallest absolute Gasteiger partial charge is 0.273 e. The molecule has 0 atom stereocenters. The molecule has 0 unspecified atom stereocenters. The topological polar surface area (TPSA) is 56.9 Å². The number of hydrogen-bond acceptors (Lipinski definition) is 3. The Kier molecular flexibility index (Phi) is 6.84. The molecule has 1 amide bonds. The molecule has 0 radical (unpaired) electrons. The first-order valence-corrected chi connectivity index (χ1v) is 13.9. The molecule has 0 aliphatic carbocycles. The van der Waals surface area contributed by atoms with E-state index in [1.165, 1.54) is 11.1 Å². The lowest BCUT2D eigenvalue weighted by Gasteiger charge is -2.12. The molecule has 1 N–H and O–H groups in total. The minimum Gasteiger partial charge on any atom is -0.497 e. The molecule has 2 aromatic heterocycles. The van der Waals surface area contributed by atoms with Crippen LogP contribution in [0.25, 0.3) is 28.0 Å². The van der Waals surface area contributed by atoms with Gasteiger partial charge >= 0.3 is 0 Å². The van der Waals surface area contributed by atoms with Crippen LogP contribution in [0.1, 0.15) is 54.2 Å². The molecule has 6 rings (SSSR count). The quantitative estimate of drug-likeness (QED) is 0.232. The number of anilines is 1. The van der Waals surface area contributed by atoms with E-state index in [0.29, 0.717) is 23.0 Å². The molecule has 0 bridgehead atoms. The SMILES string of the molecule is COc1ccc(-c2cn3c(C(=O)Nc4cccc(OC)c4)c(-c4ccc(C(C)C)cc4)c4c3n2CCCC4)cc1. The Balaban J connectivity index is 1.56. The average Bonchev–Trinajstić information content (AvgIpc) is 3.40. The first-order chi connectivity index (χ1) is 19.5. The predicted molar refractivity (Wildman–Crippen MR) is 161 cm³/mol. The fourth-order valence-corrected chi connectivity index (χ4v) is 5.84. The highest BCUT2D eigenvalue weighted by Crippen LogP contribution is 2.40. The highest BCUT2D eigenvalue weighted by atomic mass is 16.5. The van der Waals surface area contributed by atoms with Crippen LogP contribution in [0.4, 0.5) is 5.69 Å². The summed E-state index contributed by atoms with van der Waals surface area (Å²) in [7, 11) is 3.31. The largest absolute Gasteiger partial charge is 0.497 e. The van der Waals surface area contributed by atoms with E-state index in [0.717, 1.165) is 59.6 Å². The Morgan fingerprint density at radius 1 is 0.875 bits per heavy atom. The van der Waals surface area contributed by atoms with Crippen LogP contribution in [0.3, 0.4) is 0 Å². The van der Waals surface area contributed by atoms with E-state index >= 15 is 0 Å². The number of carbonyl (C=O) groups excluding carboxylic acids is 1. The van der Waals surface area contributed by atoms with Crippen molar-refractivity contribution in [3.05, 3.63) is 95.8 Å². The number of hydrogen-bond donors (Lipinski definition) is 1. The Morgan fingerprint density at radius 3 is 2.30 bits per heavy atom. The van der Waals surface area contributed by atoms with Crippen LogP contribution in [-0.2, 0) is 13.0 Å². The van der Waals surface area contributed by atoms with E-state index in [1.807, 2.05) is 36.4 Å². The van der Waals surface area contributed by atoms with E-state index in [9.17, 15) is 4.79 Å². The van der Waals surface area contributed by atoms with Crippen molar-refractivity contribution < 1.29 is 14.3 Å². The number of carbonyl (C=O) groups is 1. The predicted octanol–water partition coefficient (Wildman–Crippen LogP) is 7.80. The Hall–Kier alpha value is -4.45. The molecule has 0 fully saturated rings. The van der Waals surface area contributed by atoms with Gasteiger partial charge in [-0.2, -0.15) is 0 Å². The number of rotatable bonds is 7. The van der Waals surface area contributed by atoms with Crippen LogP contribution in [-0.4, -0.2) is 29.1 Å². The molecule has 0 saturated heterocycles. The van der Waals surface area contributed by atoms with Crippen LogP contribution >= 0.6 is 0 Å². The fraction of sp³-hybridized carbons (Fsp3) is 0.265. The van der Waals surface area contributed by atoms with E-state index in [2.05, 4.69) is 70.7 Å². The number of aryl methyl sites for hydroxylation is 2. The number of ether oxygens (including phenoxy) is 2. The van der Waals surface area contributed by atoms with Crippen molar-refractivity contribution in [3.63, 3.8) is 0 Å². The zero-order valence-corrected chi connectivity index (χ0v) is 23.5. The van der Waals surface area contributed by atoms with Crippen molar-refractivity contribution >= 4 is 17.2 Å². The van der Waals surface area contributed by atoms with Crippen molar-refractivity contribution in [2.24, 2.45) is 0 Å². The zero-order chi connectivity index (χ0) is 27.8. The first kappa shape index (κ1) is 25.8. The second-order valence-electron chi connectivity index (χ2n) is 10.7. The van der Waals surface area contributed by atoms with Gasteiger partial charge in [0, 0.05) is 35.6 Å². The molecule has 0 spiro atoms. The summed E-state index contributed by atoms with van der Waals surface area (Å²) in [5.41, 5.74) is 9.24.